The number of fused-ring (bicyclic) bond motifs is 1. The van der Waals surface area contributed by atoms with Gasteiger partial charge in [-0.25, -0.2) is 14.0 Å². The van der Waals surface area contributed by atoms with Crippen molar-refractivity contribution in [3.05, 3.63) is 81.6 Å². The fraction of sp³-hybridized carbons (Fsp3) is 0.0526. The number of nitrogens with zero attached hydrogens (tertiary/aromatic N) is 3. The van der Waals surface area contributed by atoms with Crippen molar-refractivity contribution in [1.82, 2.24) is 19.8 Å². The number of rotatable bonds is 4. The lowest BCUT2D eigenvalue weighted by molar-refractivity contribution is -0.115. The fourth-order valence-corrected chi connectivity index (χ4v) is 2.84. The highest BCUT2D eigenvalue weighted by atomic mass is 35.5. The molecule has 0 spiro atoms. The molecule has 7 nitrogen and oxygen atoms in total. The van der Waals surface area contributed by atoms with Gasteiger partial charge in [0.2, 0.25) is 5.91 Å². The molecule has 0 radical (unpaired) electrons. The number of halogens is 2. The van der Waals surface area contributed by atoms with Crippen molar-refractivity contribution in [3.8, 4) is 11.3 Å². The Morgan fingerprint density at radius 1 is 1.14 bits per heavy atom. The van der Waals surface area contributed by atoms with E-state index in [1.807, 2.05) is 0 Å². The molecule has 4 rings (SSSR count). The van der Waals surface area contributed by atoms with Crippen LogP contribution in [0.3, 0.4) is 0 Å². The highest BCUT2D eigenvalue weighted by Gasteiger charge is 2.15. The molecule has 2 heterocycles. The molecule has 9 heteroatoms. The van der Waals surface area contributed by atoms with Gasteiger partial charge in [0.1, 0.15) is 11.3 Å². The van der Waals surface area contributed by atoms with Crippen LogP contribution in [-0.2, 0) is 11.2 Å². The summed E-state index contributed by atoms with van der Waals surface area (Å²) in [5.74, 6) is -0.442. The summed E-state index contributed by atoms with van der Waals surface area (Å²) in [4.78, 5) is 24.4. The zero-order chi connectivity index (χ0) is 19.7. The molecule has 140 valence electrons. The number of carbonyl (C=O) groups is 1. The van der Waals surface area contributed by atoms with Gasteiger partial charge in [0.25, 0.3) is 5.56 Å². The summed E-state index contributed by atoms with van der Waals surface area (Å²) in [6.45, 7) is 0. The highest BCUT2D eigenvalue weighted by Crippen LogP contribution is 2.19. The van der Waals surface area contributed by atoms with Gasteiger partial charge in [-0.2, -0.15) is 10.2 Å². The van der Waals surface area contributed by atoms with Gasteiger partial charge in [-0.05, 0) is 54.6 Å². The third kappa shape index (κ3) is 3.63. The highest BCUT2D eigenvalue weighted by molar-refractivity contribution is 6.30. The first kappa shape index (κ1) is 17.9. The molecular formula is C19H13ClFN5O2. The summed E-state index contributed by atoms with van der Waals surface area (Å²) in [6, 6.07) is 14.0. The van der Waals surface area contributed by atoms with E-state index in [0.717, 1.165) is 0 Å². The van der Waals surface area contributed by atoms with Gasteiger partial charge >= 0.3 is 0 Å². The van der Waals surface area contributed by atoms with Crippen molar-refractivity contribution in [3.63, 3.8) is 0 Å². The molecule has 4 aromatic rings. The standard InChI is InChI=1S/C19H13ClFN5O2/c20-12-3-7-14(8-4-12)22-18(27)10-17-23-24-19(28)16-9-15(25-26(16)17)11-1-5-13(21)6-2-11/h1-9H,10H2,(H,22,27)(H,24,28). The second kappa shape index (κ2) is 7.24. The van der Waals surface area contributed by atoms with Crippen LogP contribution in [0.1, 0.15) is 5.82 Å². The predicted octanol–water partition coefficient (Wildman–Crippen LogP) is 3.06. The number of benzene rings is 2. The van der Waals surface area contributed by atoms with Gasteiger partial charge in [-0.15, -0.1) is 0 Å². The predicted molar refractivity (Wildman–Crippen MR) is 103 cm³/mol. The number of aromatic nitrogens is 4. The maximum absolute atomic E-state index is 13.1. The Hall–Kier alpha value is -3.52. The minimum atomic E-state index is -0.442. The molecule has 0 unspecified atom stereocenters. The Kier molecular flexibility index (Phi) is 4.62. The molecule has 0 aliphatic rings. The minimum Gasteiger partial charge on any atom is -0.326 e. The second-order valence-electron chi connectivity index (χ2n) is 6.03. The van der Waals surface area contributed by atoms with Crippen LogP contribution >= 0.6 is 11.6 Å². The maximum Gasteiger partial charge on any atom is 0.290 e. The van der Waals surface area contributed by atoms with Crippen molar-refractivity contribution in [1.29, 1.82) is 0 Å². The average molecular weight is 398 g/mol. The lowest BCUT2D eigenvalue weighted by Crippen LogP contribution is -2.22. The van der Waals surface area contributed by atoms with Gasteiger partial charge in [0.05, 0.1) is 12.1 Å². The Balaban J connectivity index is 1.64. The number of amides is 1. The van der Waals surface area contributed by atoms with E-state index in [9.17, 15) is 14.0 Å². The Morgan fingerprint density at radius 3 is 2.57 bits per heavy atom. The first-order valence-corrected chi connectivity index (χ1v) is 8.66. The van der Waals surface area contributed by atoms with Crippen molar-refractivity contribution in [2.24, 2.45) is 0 Å². The largest absolute Gasteiger partial charge is 0.326 e. The number of nitrogens with one attached hydrogen (secondary N) is 2. The summed E-state index contributed by atoms with van der Waals surface area (Å²) >= 11 is 5.83. The molecule has 0 fully saturated rings. The molecule has 0 atom stereocenters. The molecule has 28 heavy (non-hydrogen) atoms. The molecule has 0 bridgehead atoms. The number of hydrogen-bond donors (Lipinski definition) is 2. The monoisotopic (exact) mass is 397 g/mol. The maximum atomic E-state index is 13.1. The minimum absolute atomic E-state index is 0.111. The summed E-state index contributed by atoms with van der Waals surface area (Å²) in [5, 5.41) is 14.0. The normalized spacial score (nSPS) is 10.9. The average Bonchev–Trinajstić information content (AvgIpc) is 3.13. The van der Waals surface area contributed by atoms with Crippen molar-refractivity contribution in [2.45, 2.75) is 6.42 Å². The molecule has 0 saturated carbocycles. The van der Waals surface area contributed by atoms with E-state index < -0.39 is 5.56 Å². The van der Waals surface area contributed by atoms with E-state index in [0.29, 0.717) is 22.0 Å². The van der Waals surface area contributed by atoms with Gasteiger partial charge in [0, 0.05) is 16.3 Å². The van der Waals surface area contributed by atoms with Crippen molar-refractivity contribution >= 4 is 28.7 Å². The molecule has 2 aromatic heterocycles. The Bertz CT molecular complexity index is 1220. The van der Waals surface area contributed by atoms with Crippen LogP contribution in [0.25, 0.3) is 16.8 Å². The topological polar surface area (TPSA) is 92.2 Å². The van der Waals surface area contributed by atoms with E-state index in [1.165, 1.54) is 16.6 Å². The second-order valence-corrected chi connectivity index (χ2v) is 6.47. The molecule has 0 aliphatic heterocycles. The zero-order valence-corrected chi connectivity index (χ0v) is 15.1. The number of carbonyl (C=O) groups excluding carboxylic acids is 1. The smallest absolute Gasteiger partial charge is 0.290 e. The molecule has 1 amide bonds. The van der Waals surface area contributed by atoms with E-state index >= 15 is 0 Å². The summed E-state index contributed by atoms with van der Waals surface area (Å²) < 4.78 is 14.5. The van der Waals surface area contributed by atoms with Crippen LogP contribution in [0.2, 0.25) is 5.02 Å². The van der Waals surface area contributed by atoms with E-state index in [-0.39, 0.29) is 29.5 Å². The molecule has 0 saturated heterocycles. The van der Waals surface area contributed by atoms with Crippen LogP contribution in [0, 0.1) is 5.82 Å². The van der Waals surface area contributed by atoms with Crippen LogP contribution < -0.4 is 10.9 Å². The fourth-order valence-electron chi connectivity index (χ4n) is 2.72. The summed E-state index contributed by atoms with van der Waals surface area (Å²) in [6.07, 6.45) is -0.111. The quantitative estimate of drug-likeness (QED) is 0.553. The SMILES string of the molecule is O=C(Cc1n[nH]c(=O)c2cc(-c3ccc(F)cc3)nn12)Nc1ccc(Cl)cc1. The third-order valence-electron chi connectivity index (χ3n) is 4.06. The Morgan fingerprint density at radius 2 is 1.86 bits per heavy atom. The van der Waals surface area contributed by atoms with Gasteiger partial charge in [0.15, 0.2) is 5.82 Å². The van der Waals surface area contributed by atoms with E-state index in [2.05, 4.69) is 20.6 Å². The van der Waals surface area contributed by atoms with Crippen LogP contribution in [0.5, 0.6) is 0 Å². The van der Waals surface area contributed by atoms with Crippen molar-refractivity contribution < 1.29 is 9.18 Å². The first-order valence-electron chi connectivity index (χ1n) is 8.28. The lowest BCUT2D eigenvalue weighted by Gasteiger charge is -2.06. The summed E-state index contributed by atoms with van der Waals surface area (Å²) in [5.41, 5.74) is 1.49. The van der Waals surface area contributed by atoms with Crippen molar-refractivity contribution in [2.75, 3.05) is 5.32 Å². The molecule has 0 aliphatic carbocycles. The van der Waals surface area contributed by atoms with E-state index in [4.69, 9.17) is 11.6 Å². The molecule has 2 aromatic carbocycles. The van der Waals surface area contributed by atoms with Gasteiger partial charge in [-0.3, -0.25) is 9.59 Å². The summed E-state index contributed by atoms with van der Waals surface area (Å²) in [7, 11) is 0. The van der Waals surface area contributed by atoms with Gasteiger partial charge < -0.3 is 5.32 Å². The molecule has 2 N–H and O–H groups in total. The molecular weight excluding hydrogens is 385 g/mol. The zero-order valence-electron chi connectivity index (χ0n) is 14.3. The Labute approximate surface area is 162 Å². The van der Waals surface area contributed by atoms with Gasteiger partial charge in [-0.1, -0.05) is 11.6 Å². The first-order chi connectivity index (χ1) is 13.5. The number of aromatic amines is 1. The number of anilines is 1. The third-order valence-corrected chi connectivity index (χ3v) is 4.31. The van der Waals surface area contributed by atoms with Crippen LogP contribution in [0.15, 0.2) is 59.4 Å². The lowest BCUT2D eigenvalue weighted by atomic mass is 10.1. The van der Waals surface area contributed by atoms with Crippen LogP contribution in [-0.4, -0.2) is 25.7 Å². The van der Waals surface area contributed by atoms with E-state index in [1.54, 1.807) is 42.5 Å². The number of H-pyrrole nitrogens is 1. The number of hydrogen-bond acceptors (Lipinski definition) is 4. The van der Waals surface area contributed by atoms with Crippen LogP contribution in [0.4, 0.5) is 10.1 Å².